The Labute approximate surface area is 109 Å². The SMILES string of the molecule is C=CCc1c(O)ccc2c(=O)c3ccccc3oc12. The zero-order valence-electron chi connectivity index (χ0n) is 10.2. The third kappa shape index (κ3) is 1.71. The molecule has 0 bridgehead atoms. The molecule has 94 valence electrons. The van der Waals surface area contributed by atoms with Crippen LogP contribution >= 0.6 is 0 Å². The Morgan fingerprint density at radius 1 is 1.16 bits per heavy atom. The molecule has 0 atom stereocenters. The van der Waals surface area contributed by atoms with Gasteiger partial charge in [-0.05, 0) is 30.7 Å². The summed E-state index contributed by atoms with van der Waals surface area (Å²) in [4.78, 5) is 12.4. The summed E-state index contributed by atoms with van der Waals surface area (Å²) in [7, 11) is 0. The molecule has 0 radical (unpaired) electrons. The predicted molar refractivity (Wildman–Crippen MR) is 75.6 cm³/mol. The summed E-state index contributed by atoms with van der Waals surface area (Å²) < 4.78 is 5.78. The van der Waals surface area contributed by atoms with Crippen molar-refractivity contribution < 1.29 is 9.52 Å². The number of fused-ring (bicyclic) bond motifs is 2. The summed E-state index contributed by atoms with van der Waals surface area (Å²) in [5.41, 5.74) is 1.47. The van der Waals surface area contributed by atoms with Crippen molar-refractivity contribution in [2.45, 2.75) is 6.42 Å². The number of hydrogen-bond acceptors (Lipinski definition) is 3. The first-order valence-corrected chi connectivity index (χ1v) is 5.99. The topological polar surface area (TPSA) is 50.4 Å². The Bertz CT molecular complexity index is 844. The number of rotatable bonds is 2. The maximum absolute atomic E-state index is 12.4. The van der Waals surface area contributed by atoms with E-state index in [2.05, 4.69) is 6.58 Å². The number of aromatic hydroxyl groups is 1. The van der Waals surface area contributed by atoms with Gasteiger partial charge < -0.3 is 9.52 Å². The van der Waals surface area contributed by atoms with Crippen LogP contribution in [0.15, 0.2) is 58.3 Å². The fourth-order valence-corrected chi connectivity index (χ4v) is 2.25. The standard InChI is InChI=1S/C16H12O3/c1-2-5-10-13(17)9-8-12-15(18)11-6-3-4-7-14(11)19-16(10)12/h2-4,6-9,17H,1,5H2. The third-order valence-corrected chi connectivity index (χ3v) is 3.17. The normalized spacial score (nSPS) is 10.9. The van der Waals surface area contributed by atoms with Crippen LogP contribution in [0.5, 0.6) is 5.75 Å². The minimum Gasteiger partial charge on any atom is -0.508 e. The molecule has 0 unspecified atom stereocenters. The van der Waals surface area contributed by atoms with E-state index in [0.717, 1.165) is 0 Å². The average molecular weight is 252 g/mol. The molecule has 0 aliphatic heterocycles. The molecular weight excluding hydrogens is 240 g/mol. The smallest absolute Gasteiger partial charge is 0.200 e. The summed E-state index contributed by atoms with van der Waals surface area (Å²) in [6, 6.07) is 10.2. The van der Waals surface area contributed by atoms with Gasteiger partial charge in [0, 0.05) is 5.56 Å². The maximum atomic E-state index is 12.4. The first-order chi connectivity index (χ1) is 9.22. The van der Waals surface area contributed by atoms with Crippen LogP contribution < -0.4 is 5.43 Å². The maximum Gasteiger partial charge on any atom is 0.200 e. The lowest BCUT2D eigenvalue weighted by Gasteiger charge is -2.07. The first kappa shape index (κ1) is 11.5. The highest BCUT2D eigenvalue weighted by Crippen LogP contribution is 2.28. The van der Waals surface area contributed by atoms with E-state index in [9.17, 15) is 9.90 Å². The van der Waals surface area contributed by atoms with E-state index in [1.165, 1.54) is 6.07 Å². The number of hydrogen-bond donors (Lipinski definition) is 1. The molecule has 0 amide bonds. The van der Waals surface area contributed by atoms with Crippen LogP contribution in [0.2, 0.25) is 0 Å². The van der Waals surface area contributed by atoms with Crippen molar-refractivity contribution in [1.29, 1.82) is 0 Å². The summed E-state index contributed by atoms with van der Waals surface area (Å²) in [5.74, 6) is 0.117. The van der Waals surface area contributed by atoms with Gasteiger partial charge in [-0.2, -0.15) is 0 Å². The molecule has 3 heteroatoms. The fourth-order valence-electron chi connectivity index (χ4n) is 2.25. The monoisotopic (exact) mass is 252 g/mol. The van der Waals surface area contributed by atoms with Crippen molar-refractivity contribution in [3.8, 4) is 5.75 Å². The number of phenolic OH excluding ortho intramolecular Hbond substituents is 1. The number of phenols is 1. The average Bonchev–Trinajstić information content (AvgIpc) is 2.43. The second-order valence-corrected chi connectivity index (χ2v) is 4.36. The van der Waals surface area contributed by atoms with E-state index in [1.54, 1.807) is 30.3 Å². The van der Waals surface area contributed by atoms with Gasteiger partial charge in [0.15, 0.2) is 0 Å². The van der Waals surface area contributed by atoms with Gasteiger partial charge in [0.1, 0.15) is 16.9 Å². The van der Waals surface area contributed by atoms with E-state index >= 15 is 0 Å². The van der Waals surface area contributed by atoms with Crippen molar-refractivity contribution in [2.24, 2.45) is 0 Å². The third-order valence-electron chi connectivity index (χ3n) is 3.17. The van der Waals surface area contributed by atoms with E-state index in [1.807, 2.05) is 6.07 Å². The Morgan fingerprint density at radius 3 is 2.74 bits per heavy atom. The molecule has 2 aromatic carbocycles. The zero-order valence-corrected chi connectivity index (χ0v) is 10.2. The molecule has 1 heterocycles. The quantitative estimate of drug-likeness (QED) is 0.562. The van der Waals surface area contributed by atoms with Crippen molar-refractivity contribution in [2.75, 3.05) is 0 Å². The highest BCUT2D eigenvalue weighted by Gasteiger charge is 2.13. The summed E-state index contributed by atoms with van der Waals surface area (Å²) in [6.45, 7) is 3.66. The van der Waals surface area contributed by atoms with Crippen LogP contribution in [0.3, 0.4) is 0 Å². The van der Waals surface area contributed by atoms with Crippen LogP contribution in [-0.4, -0.2) is 5.11 Å². The molecule has 0 spiro atoms. The van der Waals surface area contributed by atoms with Crippen molar-refractivity contribution in [3.63, 3.8) is 0 Å². The van der Waals surface area contributed by atoms with Gasteiger partial charge in [0.2, 0.25) is 5.43 Å². The largest absolute Gasteiger partial charge is 0.508 e. The van der Waals surface area contributed by atoms with Crippen molar-refractivity contribution in [1.82, 2.24) is 0 Å². The zero-order chi connectivity index (χ0) is 13.4. The molecule has 3 aromatic rings. The van der Waals surface area contributed by atoms with E-state index < -0.39 is 0 Å². The highest BCUT2D eigenvalue weighted by molar-refractivity contribution is 5.92. The molecule has 19 heavy (non-hydrogen) atoms. The van der Waals surface area contributed by atoms with E-state index in [0.29, 0.717) is 33.9 Å². The molecule has 0 fully saturated rings. The van der Waals surface area contributed by atoms with Crippen LogP contribution in [0.1, 0.15) is 5.56 Å². The van der Waals surface area contributed by atoms with Gasteiger partial charge in [0.05, 0.1) is 10.8 Å². The minimum atomic E-state index is -0.0813. The van der Waals surface area contributed by atoms with Gasteiger partial charge in [0.25, 0.3) is 0 Å². The molecule has 1 N–H and O–H groups in total. The fraction of sp³-hybridized carbons (Fsp3) is 0.0625. The van der Waals surface area contributed by atoms with Gasteiger partial charge >= 0.3 is 0 Å². The second-order valence-electron chi connectivity index (χ2n) is 4.36. The molecule has 0 saturated carbocycles. The lowest BCUT2D eigenvalue weighted by atomic mass is 10.0. The van der Waals surface area contributed by atoms with Gasteiger partial charge in [-0.25, -0.2) is 0 Å². The summed E-state index contributed by atoms with van der Waals surface area (Å²) in [6.07, 6.45) is 2.12. The van der Waals surface area contributed by atoms with Crippen LogP contribution in [0.25, 0.3) is 21.9 Å². The van der Waals surface area contributed by atoms with Gasteiger partial charge in [-0.3, -0.25) is 4.79 Å². The summed E-state index contributed by atoms with van der Waals surface area (Å²) in [5, 5.41) is 10.9. The molecular formula is C16H12O3. The molecule has 1 aromatic heterocycles. The Balaban J connectivity index is 2.54. The summed E-state index contributed by atoms with van der Waals surface area (Å²) >= 11 is 0. The molecule has 3 nitrogen and oxygen atoms in total. The lowest BCUT2D eigenvalue weighted by molar-refractivity contribution is 0.469. The van der Waals surface area contributed by atoms with Crippen LogP contribution in [0.4, 0.5) is 0 Å². The lowest BCUT2D eigenvalue weighted by Crippen LogP contribution is -2.03. The van der Waals surface area contributed by atoms with E-state index in [4.69, 9.17) is 4.42 Å². The predicted octanol–water partition coefficient (Wildman–Crippen LogP) is 3.38. The number of allylic oxidation sites excluding steroid dienone is 1. The van der Waals surface area contributed by atoms with Crippen LogP contribution in [-0.2, 0) is 6.42 Å². The Kier molecular flexibility index (Phi) is 2.60. The first-order valence-electron chi connectivity index (χ1n) is 5.99. The minimum absolute atomic E-state index is 0.0813. The van der Waals surface area contributed by atoms with Gasteiger partial charge in [-0.1, -0.05) is 18.2 Å². The van der Waals surface area contributed by atoms with E-state index in [-0.39, 0.29) is 11.2 Å². The molecule has 0 aliphatic rings. The molecule has 0 saturated heterocycles. The van der Waals surface area contributed by atoms with Gasteiger partial charge in [-0.15, -0.1) is 6.58 Å². The Morgan fingerprint density at radius 2 is 1.95 bits per heavy atom. The van der Waals surface area contributed by atoms with Crippen LogP contribution in [0, 0.1) is 0 Å². The number of benzene rings is 2. The second kappa shape index (κ2) is 4.28. The number of para-hydroxylation sites is 1. The van der Waals surface area contributed by atoms with Crippen molar-refractivity contribution >= 4 is 21.9 Å². The Hall–Kier alpha value is -2.55. The highest BCUT2D eigenvalue weighted by atomic mass is 16.3. The van der Waals surface area contributed by atoms with Crippen molar-refractivity contribution in [3.05, 3.63) is 64.8 Å². The molecule has 3 rings (SSSR count). The molecule has 0 aliphatic carbocycles.